The van der Waals surface area contributed by atoms with E-state index >= 15 is 0 Å². The van der Waals surface area contributed by atoms with Crippen molar-refractivity contribution in [2.45, 2.75) is 40.0 Å². The van der Waals surface area contributed by atoms with Crippen molar-refractivity contribution in [1.82, 2.24) is 0 Å². The second-order valence-electron chi connectivity index (χ2n) is 4.13. The second-order valence-corrected chi connectivity index (χ2v) is 4.13. The molecule has 0 heteroatoms. The summed E-state index contributed by atoms with van der Waals surface area (Å²) in [5.41, 5.74) is 2.20. The minimum atomic E-state index is 0.531. The number of hydrogen-bond acceptors (Lipinski definition) is 0. The molecule has 1 aliphatic rings. The van der Waals surface area contributed by atoms with Crippen LogP contribution in [0.2, 0.25) is 0 Å². The molecule has 0 nitrogen and oxygen atoms in total. The monoisotopic (exact) mass is 124 g/mol. The summed E-state index contributed by atoms with van der Waals surface area (Å²) in [6.07, 6.45) is 6.31. The zero-order chi connectivity index (χ0) is 6.91. The van der Waals surface area contributed by atoms with Crippen LogP contribution in [0.4, 0.5) is 0 Å². The molecule has 0 radical (unpaired) electrons. The summed E-state index contributed by atoms with van der Waals surface area (Å²) in [5.74, 6) is 0. The van der Waals surface area contributed by atoms with Crippen LogP contribution in [0.15, 0.2) is 11.6 Å². The first-order valence-corrected chi connectivity index (χ1v) is 3.76. The van der Waals surface area contributed by atoms with Gasteiger partial charge in [0.05, 0.1) is 0 Å². The number of hydrogen-bond donors (Lipinski definition) is 0. The van der Waals surface area contributed by atoms with E-state index in [0.29, 0.717) is 5.41 Å². The van der Waals surface area contributed by atoms with Crippen LogP contribution >= 0.6 is 0 Å². The average Bonchev–Trinajstić information content (AvgIpc) is 2.38. The molecule has 0 aromatic carbocycles. The third kappa shape index (κ3) is 3.34. The average molecular weight is 124 g/mol. The zero-order valence-electron chi connectivity index (χ0n) is 6.70. The standard InChI is InChI=1S/C9H16/c1-9(2,3)7-6-8-4-5-8/h4H,5-7H2,1-3H3. The summed E-state index contributed by atoms with van der Waals surface area (Å²) in [5, 5.41) is 0. The Morgan fingerprint density at radius 2 is 2.00 bits per heavy atom. The minimum absolute atomic E-state index is 0.531. The molecule has 0 amide bonds. The molecule has 0 saturated heterocycles. The van der Waals surface area contributed by atoms with Crippen LogP contribution in [0, 0.1) is 5.41 Å². The Bertz CT molecular complexity index is 123. The molecule has 9 heavy (non-hydrogen) atoms. The molecule has 0 aliphatic heterocycles. The van der Waals surface area contributed by atoms with Crippen LogP contribution in [-0.2, 0) is 0 Å². The molecule has 0 unspecified atom stereocenters. The highest BCUT2D eigenvalue weighted by atomic mass is 14.2. The molecule has 0 bridgehead atoms. The highest BCUT2D eigenvalue weighted by molar-refractivity contribution is 5.21. The molecule has 0 atom stereocenters. The third-order valence-corrected chi connectivity index (χ3v) is 1.69. The van der Waals surface area contributed by atoms with Crippen molar-refractivity contribution in [3.63, 3.8) is 0 Å². The van der Waals surface area contributed by atoms with E-state index in [9.17, 15) is 0 Å². The summed E-state index contributed by atoms with van der Waals surface area (Å²) in [6, 6.07) is 0. The Labute approximate surface area is 58.0 Å². The van der Waals surface area contributed by atoms with Crippen LogP contribution in [-0.4, -0.2) is 0 Å². The largest absolute Gasteiger partial charge is 0.0810 e. The maximum atomic E-state index is 2.33. The van der Waals surface area contributed by atoms with E-state index in [2.05, 4.69) is 26.8 Å². The lowest BCUT2D eigenvalue weighted by Gasteiger charge is -2.16. The van der Waals surface area contributed by atoms with Crippen LogP contribution in [0.1, 0.15) is 40.0 Å². The van der Waals surface area contributed by atoms with Crippen molar-refractivity contribution < 1.29 is 0 Å². The van der Waals surface area contributed by atoms with Gasteiger partial charge in [-0.25, -0.2) is 0 Å². The van der Waals surface area contributed by atoms with E-state index in [1.807, 2.05) is 0 Å². The molecular formula is C9H16. The highest BCUT2D eigenvalue weighted by Crippen LogP contribution is 2.30. The zero-order valence-corrected chi connectivity index (χ0v) is 6.70. The summed E-state index contributed by atoms with van der Waals surface area (Å²) >= 11 is 0. The van der Waals surface area contributed by atoms with E-state index in [0.717, 1.165) is 0 Å². The second kappa shape index (κ2) is 2.17. The molecule has 0 heterocycles. The van der Waals surface area contributed by atoms with Gasteiger partial charge in [-0.15, -0.1) is 0 Å². The molecular weight excluding hydrogens is 108 g/mol. The van der Waals surface area contributed by atoms with Gasteiger partial charge >= 0.3 is 0 Å². The molecule has 0 aromatic rings. The van der Waals surface area contributed by atoms with Crippen molar-refractivity contribution in [3.05, 3.63) is 11.6 Å². The molecule has 52 valence electrons. The molecule has 1 rings (SSSR count). The summed E-state index contributed by atoms with van der Waals surface area (Å²) in [6.45, 7) is 6.90. The van der Waals surface area contributed by atoms with Gasteiger partial charge < -0.3 is 0 Å². The summed E-state index contributed by atoms with van der Waals surface area (Å²) in [7, 11) is 0. The number of rotatable bonds is 2. The first kappa shape index (κ1) is 6.85. The minimum Gasteiger partial charge on any atom is -0.0810 e. The van der Waals surface area contributed by atoms with Crippen LogP contribution in [0.3, 0.4) is 0 Å². The molecule has 0 saturated carbocycles. The lowest BCUT2D eigenvalue weighted by Crippen LogP contribution is -2.03. The topological polar surface area (TPSA) is 0 Å². The smallest absolute Gasteiger partial charge is 0.0136 e. The predicted molar refractivity (Wildman–Crippen MR) is 41.4 cm³/mol. The summed E-state index contributed by atoms with van der Waals surface area (Å²) < 4.78 is 0. The molecule has 0 spiro atoms. The Morgan fingerprint density at radius 3 is 2.33 bits per heavy atom. The Hall–Kier alpha value is -0.260. The molecule has 1 aliphatic carbocycles. The van der Waals surface area contributed by atoms with Gasteiger partial charge in [0.2, 0.25) is 0 Å². The predicted octanol–water partition coefficient (Wildman–Crippen LogP) is 3.14. The van der Waals surface area contributed by atoms with Gasteiger partial charge in [-0.3, -0.25) is 0 Å². The molecule has 0 N–H and O–H groups in total. The Morgan fingerprint density at radius 1 is 1.44 bits per heavy atom. The maximum absolute atomic E-state index is 2.33. The van der Waals surface area contributed by atoms with Crippen LogP contribution < -0.4 is 0 Å². The van der Waals surface area contributed by atoms with Crippen molar-refractivity contribution in [2.75, 3.05) is 0 Å². The third-order valence-electron chi connectivity index (χ3n) is 1.69. The first-order valence-electron chi connectivity index (χ1n) is 3.76. The molecule has 0 aromatic heterocycles. The van der Waals surface area contributed by atoms with Crippen molar-refractivity contribution in [2.24, 2.45) is 5.41 Å². The Kier molecular flexibility index (Phi) is 1.65. The van der Waals surface area contributed by atoms with Crippen LogP contribution in [0.25, 0.3) is 0 Å². The van der Waals surface area contributed by atoms with Gasteiger partial charge in [-0.1, -0.05) is 32.4 Å². The van der Waals surface area contributed by atoms with Crippen LogP contribution in [0.5, 0.6) is 0 Å². The fourth-order valence-electron chi connectivity index (χ4n) is 0.812. The normalized spacial score (nSPS) is 17.4. The quantitative estimate of drug-likeness (QED) is 0.496. The van der Waals surface area contributed by atoms with Crippen molar-refractivity contribution in [3.8, 4) is 0 Å². The first-order chi connectivity index (χ1) is 4.08. The summed E-state index contributed by atoms with van der Waals surface area (Å²) in [4.78, 5) is 0. The van der Waals surface area contributed by atoms with Crippen molar-refractivity contribution >= 4 is 0 Å². The fraction of sp³-hybridized carbons (Fsp3) is 0.778. The van der Waals surface area contributed by atoms with E-state index in [1.54, 1.807) is 5.57 Å². The van der Waals surface area contributed by atoms with Gasteiger partial charge in [-0.2, -0.15) is 0 Å². The van der Waals surface area contributed by atoms with Gasteiger partial charge in [0.25, 0.3) is 0 Å². The highest BCUT2D eigenvalue weighted by Gasteiger charge is 2.13. The lowest BCUT2D eigenvalue weighted by molar-refractivity contribution is 0.379. The van der Waals surface area contributed by atoms with Gasteiger partial charge in [-0.05, 0) is 24.7 Å². The van der Waals surface area contributed by atoms with Gasteiger partial charge in [0, 0.05) is 0 Å². The van der Waals surface area contributed by atoms with E-state index in [1.165, 1.54) is 19.3 Å². The molecule has 0 fully saturated rings. The van der Waals surface area contributed by atoms with Crippen molar-refractivity contribution in [1.29, 1.82) is 0 Å². The van der Waals surface area contributed by atoms with E-state index in [4.69, 9.17) is 0 Å². The van der Waals surface area contributed by atoms with E-state index in [-0.39, 0.29) is 0 Å². The maximum Gasteiger partial charge on any atom is -0.0136 e. The fourth-order valence-corrected chi connectivity index (χ4v) is 0.812. The SMILES string of the molecule is CC(C)(C)CCC1=CC1. The van der Waals surface area contributed by atoms with E-state index < -0.39 is 0 Å². The van der Waals surface area contributed by atoms with Gasteiger partial charge in [0.1, 0.15) is 0 Å². The van der Waals surface area contributed by atoms with Gasteiger partial charge in [0.15, 0.2) is 0 Å². The number of allylic oxidation sites excluding steroid dienone is 2. The lowest BCUT2D eigenvalue weighted by atomic mass is 9.90. The Balaban J connectivity index is 2.10.